The van der Waals surface area contributed by atoms with Crippen molar-refractivity contribution in [2.24, 2.45) is 17.6 Å². The van der Waals surface area contributed by atoms with E-state index in [0.29, 0.717) is 37.9 Å². The van der Waals surface area contributed by atoms with Gasteiger partial charge in [-0.05, 0) is 37.8 Å². The molecule has 0 aromatic heterocycles. The second-order valence-electron chi connectivity index (χ2n) is 5.34. The highest BCUT2D eigenvalue weighted by Crippen LogP contribution is 2.21. The van der Waals surface area contributed by atoms with Gasteiger partial charge in [-0.25, -0.2) is 0 Å². The van der Waals surface area contributed by atoms with Gasteiger partial charge in [0, 0.05) is 19.5 Å². The Morgan fingerprint density at radius 3 is 2.84 bits per heavy atom. The topological polar surface area (TPSA) is 95.7 Å². The number of aliphatic carboxylic acids is 1. The van der Waals surface area contributed by atoms with Gasteiger partial charge in [0.05, 0.1) is 6.54 Å². The first-order valence-electron chi connectivity index (χ1n) is 6.93. The summed E-state index contributed by atoms with van der Waals surface area (Å²) in [5, 5.41) is 11.2. The zero-order valence-corrected chi connectivity index (χ0v) is 11.6. The summed E-state index contributed by atoms with van der Waals surface area (Å²) in [6.07, 6.45) is 1.65. The molecule has 1 saturated heterocycles. The molecule has 0 aliphatic carbocycles. The Balaban J connectivity index is 2.19. The van der Waals surface area contributed by atoms with Crippen molar-refractivity contribution >= 4 is 11.9 Å². The van der Waals surface area contributed by atoms with Crippen LogP contribution in [0.15, 0.2) is 0 Å². The van der Waals surface area contributed by atoms with Crippen LogP contribution in [0.4, 0.5) is 0 Å². The van der Waals surface area contributed by atoms with Crippen LogP contribution in [-0.2, 0) is 9.59 Å². The molecule has 2 unspecified atom stereocenters. The van der Waals surface area contributed by atoms with Crippen molar-refractivity contribution in [2.45, 2.75) is 26.2 Å². The maximum absolute atomic E-state index is 11.7. The number of hydrogen-bond acceptors (Lipinski definition) is 4. The molecule has 0 spiro atoms. The highest BCUT2D eigenvalue weighted by atomic mass is 16.4. The Hall–Kier alpha value is -1.14. The lowest BCUT2D eigenvalue weighted by Crippen LogP contribution is -2.46. The molecule has 1 amide bonds. The number of rotatable bonds is 7. The quantitative estimate of drug-likeness (QED) is 0.561. The first-order valence-corrected chi connectivity index (χ1v) is 6.93. The molecule has 110 valence electrons. The number of amides is 1. The molecule has 19 heavy (non-hydrogen) atoms. The first kappa shape index (κ1) is 15.9. The average Bonchev–Trinajstić information content (AvgIpc) is 2.37. The lowest BCUT2D eigenvalue weighted by atomic mass is 9.87. The molecule has 6 nitrogen and oxygen atoms in total. The van der Waals surface area contributed by atoms with E-state index in [4.69, 9.17) is 10.8 Å². The van der Waals surface area contributed by atoms with Crippen LogP contribution < -0.4 is 11.1 Å². The fourth-order valence-corrected chi connectivity index (χ4v) is 2.40. The molecule has 2 atom stereocenters. The lowest BCUT2D eigenvalue weighted by molar-refractivity contribution is -0.137. The molecule has 0 bridgehead atoms. The molecule has 0 aromatic carbocycles. The third-order valence-corrected chi connectivity index (χ3v) is 3.76. The highest BCUT2D eigenvalue weighted by Gasteiger charge is 2.25. The predicted molar refractivity (Wildman–Crippen MR) is 72.6 cm³/mol. The highest BCUT2D eigenvalue weighted by molar-refractivity contribution is 5.78. The summed E-state index contributed by atoms with van der Waals surface area (Å²) in [5.74, 6) is 0.231. The Labute approximate surface area is 114 Å². The number of nitrogens with one attached hydrogen (secondary N) is 1. The third-order valence-electron chi connectivity index (χ3n) is 3.76. The second-order valence-corrected chi connectivity index (χ2v) is 5.34. The van der Waals surface area contributed by atoms with Gasteiger partial charge in [-0.2, -0.15) is 0 Å². The summed E-state index contributed by atoms with van der Waals surface area (Å²) >= 11 is 0. The van der Waals surface area contributed by atoms with Gasteiger partial charge in [-0.3, -0.25) is 14.5 Å². The van der Waals surface area contributed by atoms with Crippen LogP contribution in [0.3, 0.4) is 0 Å². The van der Waals surface area contributed by atoms with Crippen LogP contribution in [-0.4, -0.2) is 54.6 Å². The number of nitrogens with zero attached hydrogens (tertiary/aromatic N) is 1. The fraction of sp³-hybridized carbons (Fsp3) is 0.846. The lowest BCUT2D eigenvalue weighted by Gasteiger charge is -2.36. The van der Waals surface area contributed by atoms with E-state index in [0.717, 1.165) is 19.5 Å². The van der Waals surface area contributed by atoms with Crippen LogP contribution in [0.2, 0.25) is 0 Å². The number of carbonyl (C=O) groups excluding carboxylic acids is 1. The third kappa shape index (κ3) is 6.02. The molecule has 0 radical (unpaired) electrons. The van der Waals surface area contributed by atoms with Crippen molar-refractivity contribution in [1.29, 1.82) is 0 Å². The minimum atomic E-state index is -0.829. The summed E-state index contributed by atoms with van der Waals surface area (Å²) in [6, 6.07) is 0. The van der Waals surface area contributed by atoms with E-state index in [1.54, 1.807) is 0 Å². The van der Waals surface area contributed by atoms with E-state index in [1.165, 1.54) is 0 Å². The van der Waals surface area contributed by atoms with E-state index in [1.807, 2.05) is 0 Å². The van der Waals surface area contributed by atoms with Gasteiger partial charge in [0.1, 0.15) is 0 Å². The molecule has 1 aliphatic heterocycles. The Morgan fingerprint density at radius 1 is 1.47 bits per heavy atom. The smallest absolute Gasteiger partial charge is 0.303 e. The molecule has 1 fully saturated rings. The summed E-state index contributed by atoms with van der Waals surface area (Å²) < 4.78 is 0. The van der Waals surface area contributed by atoms with Crippen molar-refractivity contribution in [2.75, 3.05) is 32.7 Å². The Kier molecular flexibility index (Phi) is 6.80. The zero-order valence-electron chi connectivity index (χ0n) is 11.6. The van der Waals surface area contributed by atoms with E-state index >= 15 is 0 Å². The van der Waals surface area contributed by atoms with Gasteiger partial charge in [-0.15, -0.1) is 0 Å². The number of carboxylic acids is 1. The number of nitrogens with two attached hydrogens (primary N) is 1. The fourth-order valence-electron chi connectivity index (χ4n) is 2.40. The maximum atomic E-state index is 11.7. The maximum Gasteiger partial charge on any atom is 0.303 e. The number of piperidine rings is 1. The Bertz CT molecular complexity index is 310. The molecule has 4 N–H and O–H groups in total. The monoisotopic (exact) mass is 271 g/mol. The second kappa shape index (κ2) is 8.12. The van der Waals surface area contributed by atoms with Gasteiger partial charge < -0.3 is 16.2 Å². The Morgan fingerprint density at radius 2 is 2.21 bits per heavy atom. The first-order chi connectivity index (χ1) is 9.02. The molecular weight excluding hydrogens is 246 g/mol. The summed E-state index contributed by atoms with van der Waals surface area (Å²) in [5.41, 5.74) is 5.73. The van der Waals surface area contributed by atoms with Crippen molar-refractivity contribution in [3.8, 4) is 0 Å². The summed E-state index contributed by atoms with van der Waals surface area (Å²) in [4.78, 5) is 24.2. The number of carbonyl (C=O) groups is 2. The van der Waals surface area contributed by atoms with E-state index in [-0.39, 0.29) is 12.3 Å². The molecule has 6 heteroatoms. The summed E-state index contributed by atoms with van der Waals surface area (Å²) in [7, 11) is 0. The number of carboxylic acid groups (broad SMARTS) is 1. The van der Waals surface area contributed by atoms with Crippen molar-refractivity contribution in [1.82, 2.24) is 10.2 Å². The minimum Gasteiger partial charge on any atom is -0.481 e. The molecule has 0 aromatic rings. The number of likely N-dealkylation sites (tertiary alicyclic amines) is 1. The zero-order chi connectivity index (χ0) is 14.3. The van der Waals surface area contributed by atoms with Crippen molar-refractivity contribution in [3.05, 3.63) is 0 Å². The predicted octanol–water partition coefficient (Wildman–Crippen LogP) is -0.116. The van der Waals surface area contributed by atoms with E-state index < -0.39 is 5.97 Å². The minimum absolute atomic E-state index is 0.0317. The van der Waals surface area contributed by atoms with Crippen LogP contribution in [0.5, 0.6) is 0 Å². The molecular formula is C13H25N3O3. The van der Waals surface area contributed by atoms with Crippen LogP contribution in [0.25, 0.3) is 0 Å². The van der Waals surface area contributed by atoms with Crippen molar-refractivity contribution < 1.29 is 14.7 Å². The van der Waals surface area contributed by atoms with Gasteiger partial charge >= 0.3 is 5.97 Å². The number of hydrogen-bond donors (Lipinski definition) is 3. The molecule has 0 saturated carbocycles. The van der Waals surface area contributed by atoms with Gasteiger partial charge in [0.15, 0.2) is 0 Å². The van der Waals surface area contributed by atoms with Crippen LogP contribution in [0, 0.1) is 11.8 Å². The largest absolute Gasteiger partial charge is 0.481 e. The summed E-state index contributed by atoms with van der Waals surface area (Å²) in [6.45, 7) is 5.49. The molecule has 1 aliphatic rings. The van der Waals surface area contributed by atoms with E-state index in [9.17, 15) is 9.59 Å². The van der Waals surface area contributed by atoms with Gasteiger partial charge in [0.25, 0.3) is 0 Å². The van der Waals surface area contributed by atoms with Crippen molar-refractivity contribution in [3.63, 3.8) is 0 Å². The van der Waals surface area contributed by atoms with Gasteiger partial charge in [0.2, 0.25) is 5.91 Å². The van der Waals surface area contributed by atoms with E-state index in [2.05, 4.69) is 17.1 Å². The molecule has 1 rings (SSSR count). The SMILES string of the molecule is CC1CCN(CC(=O)NCCCC(=O)O)CC1CN. The van der Waals surface area contributed by atoms with Crippen LogP contribution >= 0.6 is 0 Å². The standard InChI is InChI=1S/C13H25N3O3/c1-10-4-6-16(8-11(10)7-14)9-12(17)15-5-2-3-13(18)19/h10-11H,2-9,14H2,1H3,(H,15,17)(H,18,19). The average molecular weight is 271 g/mol. The van der Waals surface area contributed by atoms with Gasteiger partial charge in [-0.1, -0.05) is 6.92 Å². The molecule has 1 heterocycles. The normalized spacial score (nSPS) is 24.1. The van der Waals surface area contributed by atoms with Crippen LogP contribution in [0.1, 0.15) is 26.2 Å².